The predicted octanol–water partition coefficient (Wildman–Crippen LogP) is 3.72. The maximum Gasteiger partial charge on any atom is 0.148 e. The fraction of sp³-hybridized carbons (Fsp3) is 0.333. The van der Waals surface area contributed by atoms with Crippen molar-refractivity contribution in [3.63, 3.8) is 0 Å². The smallest absolute Gasteiger partial charge is 0.148 e. The Hall–Kier alpha value is -0.0500. The Bertz CT molecular complexity index is 530. The monoisotopic (exact) mass is 437 g/mol. The van der Waals surface area contributed by atoms with Crippen LogP contribution >= 0.6 is 49.9 Å². The largest absolute Gasteiger partial charge is 0.317 e. The molecule has 1 heterocycles. The maximum atomic E-state index is 4.28. The van der Waals surface area contributed by atoms with Gasteiger partial charge in [0.05, 0.1) is 0 Å². The van der Waals surface area contributed by atoms with E-state index in [1.807, 2.05) is 6.07 Å². The highest BCUT2D eigenvalue weighted by Crippen LogP contribution is 2.30. The van der Waals surface area contributed by atoms with Crippen molar-refractivity contribution in [2.45, 2.75) is 13.3 Å². The Balaban J connectivity index is 2.16. The number of hydrogen-bond acceptors (Lipinski definition) is 4. The van der Waals surface area contributed by atoms with E-state index in [0.717, 1.165) is 39.6 Å². The van der Waals surface area contributed by atoms with Crippen molar-refractivity contribution >= 4 is 49.9 Å². The molecule has 0 saturated carbocycles. The third-order valence-corrected chi connectivity index (χ3v) is 4.84. The molecule has 0 aliphatic carbocycles. The number of nitrogens with zero attached hydrogens (tertiary/aromatic N) is 2. The van der Waals surface area contributed by atoms with Gasteiger partial charge in [-0.1, -0.05) is 34.2 Å². The van der Waals surface area contributed by atoms with Crippen LogP contribution < -0.4 is 5.32 Å². The van der Waals surface area contributed by atoms with Crippen molar-refractivity contribution in [2.24, 2.45) is 0 Å². The molecule has 0 aliphatic rings. The first-order valence-electron chi connectivity index (χ1n) is 5.69. The number of aromatic nitrogens is 2. The van der Waals surface area contributed by atoms with Gasteiger partial charge in [0, 0.05) is 26.6 Å². The standard InChI is InChI=1S/C12H13BrIN3S/c1-2-15-6-5-11-16-17-12(18-11)9-7-8(13)3-4-10(9)14/h3-4,7,15H,2,5-6H2,1H3. The first-order chi connectivity index (χ1) is 8.70. The lowest BCUT2D eigenvalue weighted by atomic mass is 10.2. The van der Waals surface area contributed by atoms with Crippen molar-refractivity contribution in [2.75, 3.05) is 13.1 Å². The highest BCUT2D eigenvalue weighted by atomic mass is 127. The Morgan fingerprint density at radius 3 is 3.00 bits per heavy atom. The van der Waals surface area contributed by atoms with E-state index in [0.29, 0.717) is 0 Å². The molecule has 3 nitrogen and oxygen atoms in total. The minimum atomic E-state index is 0.941. The van der Waals surface area contributed by atoms with E-state index >= 15 is 0 Å². The number of rotatable bonds is 5. The molecule has 0 bridgehead atoms. The summed E-state index contributed by atoms with van der Waals surface area (Å²) in [6.45, 7) is 4.06. The van der Waals surface area contributed by atoms with E-state index in [9.17, 15) is 0 Å². The Kier molecular flexibility index (Phi) is 5.53. The molecule has 0 fully saturated rings. The Labute approximate surface area is 133 Å². The van der Waals surface area contributed by atoms with Gasteiger partial charge in [-0.2, -0.15) is 0 Å². The molecule has 96 valence electrons. The van der Waals surface area contributed by atoms with Crippen LogP contribution in [0.5, 0.6) is 0 Å². The van der Waals surface area contributed by atoms with E-state index < -0.39 is 0 Å². The second-order valence-corrected chi connectivity index (χ2v) is 6.87. The summed E-state index contributed by atoms with van der Waals surface area (Å²) in [5.74, 6) is 0. The zero-order valence-electron chi connectivity index (χ0n) is 9.91. The minimum Gasteiger partial charge on any atom is -0.317 e. The molecule has 1 N–H and O–H groups in total. The lowest BCUT2D eigenvalue weighted by molar-refractivity contribution is 0.710. The van der Waals surface area contributed by atoms with Crippen molar-refractivity contribution in [3.8, 4) is 10.6 Å². The SMILES string of the molecule is CCNCCc1nnc(-c2cc(Br)ccc2I)s1. The molecule has 1 aromatic heterocycles. The fourth-order valence-electron chi connectivity index (χ4n) is 1.50. The molecule has 2 rings (SSSR count). The Morgan fingerprint density at radius 2 is 2.22 bits per heavy atom. The van der Waals surface area contributed by atoms with Crippen LogP contribution in [0.3, 0.4) is 0 Å². The molecule has 0 atom stereocenters. The number of halogens is 2. The van der Waals surface area contributed by atoms with Crippen LogP contribution in [0.4, 0.5) is 0 Å². The molecular formula is C12H13BrIN3S. The first-order valence-corrected chi connectivity index (χ1v) is 8.38. The third kappa shape index (κ3) is 3.72. The zero-order chi connectivity index (χ0) is 13.0. The molecule has 6 heteroatoms. The van der Waals surface area contributed by atoms with Gasteiger partial charge in [-0.3, -0.25) is 0 Å². The lowest BCUT2D eigenvalue weighted by Gasteiger charge is -2.00. The number of benzene rings is 1. The van der Waals surface area contributed by atoms with Crippen molar-refractivity contribution in [1.29, 1.82) is 0 Å². The minimum absolute atomic E-state index is 0.941. The van der Waals surface area contributed by atoms with Crippen LogP contribution in [0.2, 0.25) is 0 Å². The van der Waals surface area contributed by atoms with E-state index in [-0.39, 0.29) is 0 Å². The van der Waals surface area contributed by atoms with Crippen molar-refractivity contribution in [1.82, 2.24) is 15.5 Å². The lowest BCUT2D eigenvalue weighted by Crippen LogP contribution is -2.15. The summed E-state index contributed by atoms with van der Waals surface area (Å²) in [6.07, 6.45) is 0.941. The van der Waals surface area contributed by atoms with E-state index in [1.165, 1.54) is 3.57 Å². The number of likely N-dealkylation sites (N-methyl/N-ethyl adjacent to an activating group) is 1. The van der Waals surface area contributed by atoms with Crippen molar-refractivity contribution in [3.05, 3.63) is 31.2 Å². The molecule has 0 saturated heterocycles. The summed E-state index contributed by atoms with van der Waals surface area (Å²) in [4.78, 5) is 0. The molecule has 18 heavy (non-hydrogen) atoms. The van der Waals surface area contributed by atoms with Crippen LogP contribution in [-0.2, 0) is 6.42 Å². The quantitative estimate of drug-likeness (QED) is 0.572. The molecule has 0 radical (unpaired) electrons. The van der Waals surface area contributed by atoms with Gasteiger partial charge >= 0.3 is 0 Å². The van der Waals surface area contributed by atoms with Crippen LogP contribution in [0.15, 0.2) is 22.7 Å². The molecular weight excluding hydrogens is 425 g/mol. The van der Waals surface area contributed by atoms with Gasteiger partial charge in [0.1, 0.15) is 10.0 Å². The van der Waals surface area contributed by atoms with Gasteiger partial charge in [-0.25, -0.2) is 0 Å². The second kappa shape index (κ2) is 6.93. The van der Waals surface area contributed by atoms with Gasteiger partial charge in [0.15, 0.2) is 0 Å². The Morgan fingerprint density at radius 1 is 1.39 bits per heavy atom. The van der Waals surface area contributed by atoms with Gasteiger partial charge in [0.2, 0.25) is 0 Å². The normalized spacial score (nSPS) is 10.8. The van der Waals surface area contributed by atoms with E-state index in [2.05, 4.69) is 73.1 Å². The fourth-order valence-corrected chi connectivity index (χ4v) is 3.50. The summed E-state index contributed by atoms with van der Waals surface area (Å²) in [5, 5.41) is 13.9. The van der Waals surface area contributed by atoms with Crippen LogP contribution in [0.1, 0.15) is 11.9 Å². The highest BCUT2D eigenvalue weighted by molar-refractivity contribution is 14.1. The second-order valence-electron chi connectivity index (χ2n) is 3.73. The summed E-state index contributed by atoms with van der Waals surface area (Å²) >= 11 is 7.50. The summed E-state index contributed by atoms with van der Waals surface area (Å²) in [7, 11) is 0. The van der Waals surface area contributed by atoms with E-state index in [1.54, 1.807) is 11.3 Å². The van der Waals surface area contributed by atoms with Crippen LogP contribution in [0.25, 0.3) is 10.6 Å². The van der Waals surface area contributed by atoms with Gasteiger partial charge in [-0.05, 0) is 47.3 Å². The average Bonchev–Trinajstić information content (AvgIpc) is 2.81. The average molecular weight is 438 g/mol. The maximum absolute atomic E-state index is 4.28. The number of hydrogen-bond donors (Lipinski definition) is 1. The van der Waals surface area contributed by atoms with Crippen LogP contribution in [-0.4, -0.2) is 23.3 Å². The molecule has 0 aliphatic heterocycles. The third-order valence-electron chi connectivity index (χ3n) is 2.39. The molecule has 0 amide bonds. The van der Waals surface area contributed by atoms with Gasteiger partial charge < -0.3 is 5.32 Å². The van der Waals surface area contributed by atoms with Crippen molar-refractivity contribution < 1.29 is 0 Å². The summed E-state index contributed by atoms with van der Waals surface area (Å²) < 4.78 is 2.27. The molecule has 1 aromatic carbocycles. The first kappa shape index (κ1) is 14.4. The zero-order valence-corrected chi connectivity index (χ0v) is 14.5. The molecule has 0 unspecified atom stereocenters. The summed E-state index contributed by atoms with van der Waals surface area (Å²) in [6, 6.07) is 6.22. The number of nitrogens with one attached hydrogen (secondary N) is 1. The van der Waals surface area contributed by atoms with Gasteiger partial charge in [0.25, 0.3) is 0 Å². The summed E-state index contributed by atoms with van der Waals surface area (Å²) in [5.41, 5.74) is 1.15. The topological polar surface area (TPSA) is 37.8 Å². The van der Waals surface area contributed by atoms with E-state index in [4.69, 9.17) is 0 Å². The van der Waals surface area contributed by atoms with Gasteiger partial charge in [-0.15, -0.1) is 10.2 Å². The molecule has 2 aromatic rings. The predicted molar refractivity (Wildman–Crippen MR) is 88.0 cm³/mol. The van der Waals surface area contributed by atoms with Crippen LogP contribution in [0, 0.1) is 3.57 Å². The molecule has 0 spiro atoms. The highest BCUT2D eigenvalue weighted by Gasteiger charge is 2.10.